The number of amides is 4. The Hall–Kier alpha value is -3.98. The second kappa shape index (κ2) is 18.0. The summed E-state index contributed by atoms with van der Waals surface area (Å²) in [7, 11) is -4.21. The molecule has 3 N–H and O–H groups in total. The van der Waals surface area contributed by atoms with E-state index in [9.17, 15) is 45.6 Å². The van der Waals surface area contributed by atoms with Crippen LogP contribution in [0.4, 0.5) is 13.2 Å². The Morgan fingerprint density at radius 3 is 1.75 bits per heavy atom. The topological polar surface area (TPSA) is 159 Å². The van der Waals surface area contributed by atoms with Crippen LogP contribution in [0.1, 0.15) is 93.4 Å². The van der Waals surface area contributed by atoms with Crippen LogP contribution >= 0.6 is 11.6 Å². The van der Waals surface area contributed by atoms with Crippen molar-refractivity contribution in [3.05, 3.63) is 64.7 Å². The molecule has 1 fully saturated rings. The molecule has 3 rings (SSSR count). The minimum absolute atomic E-state index is 0.0474. The summed E-state index contributed by atoms with van der Waals surface area (Å²) in [6.45, 7) is 5.51. The predicted octanol–water partition coefficient (Wildman–Crippen LogP) is 5.43. The predicted molar refractivity (Wildman–Crippen MR) is 184 cm³/mol. The van der Waals surface area contributed by atoms with Gasteiger partial charge in [0.2, 0.25) is 11.8 Å². The van der Waals surface area contributed by atoms with Gasteiger partial charge in [0.25, 0.3) is 27.6 Å². The summed E-state index contributed by atoms with van der Waals surface area (Å²) < 4.78 is 67.0. The fourth-order valence-corrected chi connectivity index (χ4v) is 6.86. The number of carbonyl (C=O) groups is 5. The number of ketones is 1. The van der Waals surface area contributed by atoms with E-state index in [2.05, 4.69) is 10.6 Å². The lowest BCUT2D eigenvalue weighted by molar-refractivity contribution is -0.175. The molecular weight excluding hydrogens is 713 g/mol. The second-order valence-corrected chi connectivity index (χ2v) is 15.4. The van der Waals surface area contributed by atoms with E-state index in [1.807, 2.05) is 4.72 Å². The Balaban J connectivity index is 1.80. The molecule has 1 unspecified atom stereocenters. The van der Waals surface area contributed by atoms with Crippen molar-refractivity contribution in [1.29, 1.82) is 0 Å². The van der Waals surface area contributed by atoms with Crippen LogP contribution < -0.4 is 15.4 Å². The van der Waals surface area contributed by atoms with E-state index in [1.54, 1.807) is 13.8 Å². The number of benzene rings is 2. The van der Waals surface area contributed by atoms with Gasteiger partial charge in [-0.25, -0.2) is 13.1 Å². The van der Waals surface area contributed by atoms with E-state index in [4.69, 9.17) is 11.6 Å². The molecule has 0 saturated heterocycles. The molecule has 0 aliphatic heterocycles. The maximum atomic E-state index is 14.2. The Bertz CT molecular complexity index is 1660. The molecule has 1 saturated carbocycles. The molecule has 2 aromatic carbocycles. The minimum Gasteiger partial charge on any atom is -0.344 e. The summed E-state index contributed by atoms with van der Waals surface area (Å²) >= 11 is 5.81. The van der Waals surface area contributed by atoms with Crippen LogP contribution in [0.3, 0.4) is 0 Å². The molecule has 0 radical (unpaired) electrons. The number of Topliss-reactive ketones (excluding diaryl/α,β-unsaturated/α-hetero) is 1. The summed E-state index contributed by atoms with van der Waals surface area (Å²) in [5.74, 6) is -6.63. The SMILES string of the molecule is CC(C)C(NC(=O)CN(C(=O)[C@@H](NC(=O)c1ccc(C(=O)NS(=O)(=O)c2ccc(Cl)cc2)cc1)C(C)C)C1CCCCCCC1)C(=O)C(F)(F)F. The lowest BCUT2D eigenvalue weighted by atomic mass is 9.93. The van der Waals surface area contributed by atoms with Crippen molar-refractivity contribution < 1.29 is 45.6 Å². The van der Waals surface area contributed by atoms with E-state index in [0.29, 0.717) is 17.9 Å². The monoisotopic (exact) mass is 756 g/mol. The van der Waals surface area contributed by atoms with E-state index in [0.717, 1.165) is 32.1 Å². The average molecular weight is 757 g/mol. The van der Waals surface area contributed by atoms with Gasteiger partial charge in [0.1, 0.15) is 6.04 Å². The normalized spacial score (nSPS) is 15.6. The molecule has 1 aliphatic carbocycles. The Morgan fingerprint density at radius 1 is 0.765 bits per heavy atom. The summed E-state index contributed by atoms with van der Waals surface area (Å²) in [6, 6.07) is 6.82. The third kappa shape index (κ3) is 11.8. The van der Waals surface area contributed by atoms with Gasteiger partial charge in [0.05, 0.1) is 17.5 Å². The zero-order valence-electron chi connectivity index (χ0n) is 28.9. The molecule has 4 amide bonds. The van der Waals surface area contributed by atoms with E-state index < -0.39 is 82.1 Å². The number of sulfonamides is 1. The van der Waals surface area contributed by atoms with Crippen molar-refractivity contribution in [2.75, 3.05) is 6.54 Å². The molecule has 280 valence electrons. The van der Waals surface area contributed by atoms with Gasteiger partial charge < -0.3 is 15.5 Å². The van der Waals surface area contributed by atoms with Gasteiger partial charge in [-0.1, -0.05) is 71.4 Å². The first-order valence-corrected chi connectivity index (χ1v) is 18.6. The van der Waals surface area contributed by atoms with Gasteiger partial charge in [-0.05, 0) is 73.2 Å². The molecule has 16 heteroatoms. The highest BCUT2D eigenvalue weighted by molar-refractivity contribution is 7.90. The van der Waals surface area contributed by atoms with Crippen LogP contribution in [0.15, 0.2) is 53.4 Å². The quantitative estimate of drug-likeness (QED) is 0.246. The van der Waals surface area contributed by atoms with Gasteiger partial charge in [-0.2, -0.15) is 13.2 Å². The van der Waals surface area contributed by atoms with Crippen molar-refractivity contribution in [3.8, 4) is 0 Å². The summed E-state index contributed by atoms with van der Waals surface area (Å²) in [5.41, 5.74) is -0.0167. The van der Waals surface area contributed by atoms with Crippen molar-refractivity contribution in [1.82, 2.24) is 20.3 Å². The number of alkyl halides is 3. The molecule has 2 aromatic rings. The first-order chi connectivity index (χ1) is 23.8. The Labute approximate surface area is 301 Å². The average Bonchev–Trinajstić information content (AvgIpc) is 3.03. The van der Waals surface area contributed by atoms with Crippen LogP contribution in [-0.2, 0) is 24.4 Å². The third-order valence-corrected chi connectivity index (χ3v) is 10.2. The van der Waals surface area contributed by atoms with Crippen molar-refractivity contribution in [3.63, 3.8) is 0 Å². The van der Waals surface area contributed by atoms with E-state index in [-0.39, 0.29) is 16.0 Å². The first-order valence-electron chi connectivity index (χ1n) is 16.8. The standard InChI is InChI=1S/C35H44ClF3N4O7S/c1-21(2)29(31(45)35(37,38)39)40-28(44)20-43(26-10-8-6-5-7-9-11-26)34(48)30(22(3)4)41-32(46)23-12-14-24(15-13-23)33(47)42-51(49,50)27-18-16-25(36)17-19-27/h12-19,21-22,26,29-30H,5-11,20H2,1-4H3,(H,40,44)(H,41,46)(H,42,47)/t29?,30-/m0/s1. The fraction of sp³-hybridized carbons (Fsp3) is 0.514. The number of hydrogen-bond acceptors (Lipinski definition) is 7. The zero-order valence-corrected chi connectivity index (χ0v) is 30.5. The first kappa shape index (κ1) is 41.4. The largest absolute Gasteiger partial charge is 0.452 e. The Morgan fingerprint density at radius 2 is 1.25 bits per heavy atom. The molecule has 2 atom stereocenters. The minimum atomic E-state index is -5.17. The highest BCUT2D eigenvalue weighted by Crippen LogP contribution is 2.25. The Kier molecular flexibility index (Phi) is 14.6. The number of halogens is 4. The lowest BCUT2D eigenvalue weighted by Gasteiger charge is -2.36. The maximum absolute atomic E-state index is 14.2. The number of hydrogen-bond donors (Lipinski definition) is 3. The van der Waals surface area contributed by atoms with Crippen LogP contribution in [-0.4, -0.2) is 73.6 Å². The van der Waals surface area contributed by atoms with Crippen LogP contribution in [0, 0.1) is 11.8 Å². The van der Waals surface area contributed by atoms with E-state index in [1.165, 1.54) is 67.3 Å². The van der Waals surface area contributed by atoms with E-state index >= 15 is 0 Å². The maximum Gasteiger partial charge on any atom is 0.452 e. The number of carbonyl (C=O) groups excluding carboxylic acids is 5. The molecule has 11 nitrogen and oxygen atoms in total. The van der Waals surface area contributed by atoms with Crippen LogP contribution in [0.25, 0.3) is 0 Å². The van der Waals surface area contributed by atoms with Gasteiger partial charge in [0.15, 0.2) is 0 Å². The summed E-state index contributed by atoms with van der Waals surface area (Å²) in [4.78, 5) is 66.7. The third-order valence-electron chi connectivity index (χ3n) is 8.64. The lowest BCUT2D eigenvalue weighted by Crippen LogP contribution is -2.58. The molecule has 0 bridgehead atoms. The second-order valence-electron chi connectivity index (χ2n) is 13.3. The zero-order chi connectivity index (χ0) is 38.1. The molecular formula is C35H44ClF3N4O7S. The molecule has 0 aromatic heterocycles. The molecule has 0 spiro atoms. The number of nitrogens with zero attached hydrogens (tertiary/aromatic N) is 1. The van der Waals surface area contributed by atoms with Crippen molar-refractivity contribution >= 4 is 51.0 Å². The van der Waals surface area contributed by atoms with Gasteiger partial charge in [0, 0.05) is 22.2 Å². The van der Waals surface area contributed by atoms with Crippen molar-refractivity contribution in [2.45, 2.75) is 102 Å². The highest BCUT2D eigenvalue weighted by atomic mass is 35.5. The summed E-state index contributed by atoms with van der Waals surface area (Å²) in [6.07, 6.45) is 0.279. The van der Waals surface area contributed by atoms with Gasteiger partial charge in [-0.15, -0.1) is 0 Å². The van der Waals surface area contributed by atoms with Crippen LogP contribution in [0.5, 0.6) is 0 Å². The summed E-state index contributed by atoms with van der Waals surface area (Å²) in [5, 5.41) is 5.19. The highest BCUT2D eigenvalue weighted by Gasteiger charge is 2.45. The smallest absolute Gasteiger partial charge is 0.344 e. The fourth-order valence-electron chi connectivity index (χ4n) is 5.76. The van der Waals surface area contributed by atoms with Gasteiger partial charge in [-0.3, -0.25) is 24.0 Å². The molecule has 51 heavy (non-hydrogen) atoms. The van der Waals surface area contributed by atoms with Crippen LogP contribution in [0.2, 0.25) is 5.02 Å². The molecule has 1 aliphatic rings. The number of rotatable bonds is 13. The number of nitrogens with one attached hydrogen (secondary N) is 3. The molecule has 0 heterocycles. The van der Waals surface area contributed by atoms with Gasteiger partial charge >= 0.3 is 6.18 Å². The van der Waals surface area contributed by atoms with Crippen molar-refractivity contribution in [2.24, 2.45) is 11.8 Å².